The van der Waals surface area contributed by atoms with E-state index in [1.54, 1.807) is 0 Å². The van der Waals surface area contributed by atoms with Crippen molar-refractivity contribution < 1.29 is 0 Å². The van der Waals surface area contributed by atoms with Gasteiger partial charge in [0, 0.05) is 0 Å². The van der Waals surface area contributed by atoms with Crippen LogP contribution in [0.1, 0.15) is 50.7 Å². The Morgan fingerprint density at radius 3 is 1.31 bits per heavy atom. The van der Waals surface area contributed by atoms with Crippen molar-refractivity contribution >= 4 is 34.0 Å². The predicted molar refractivity (Wildman–Crippen MR) is 118 cm³/mol. The molecule has 0 amide bonds. The van der Waals surface area contributed by atoms with Gasteiger partial charge in [-0.3, -0.25) is 0 Å². The van der Waals surface area contributed by atoms with Crippen molar-refractivity contribution in [1.82, 2.24) is 0 Å². The third-order valence-electron chi connectivity index (χ3n) is 5.05. The van der Waals surface area contributed by atoms with Gasteiger partial charge < -0.3 is 0 Å². The number of rotatable bonds is 5. The first-order chi connectivity index (χ1) is 12.4. The maximum Gasteiger partial charge on any atom is 0.247 e. The lowest BCUT2D eigenvalue weighted by Crippen LogP contribution is -2.63. The van der Waals surface area contributed by atoms with Crippen molar-refractivity contribution in [3.63, 3.8) is 0 Å². The van der Waals surface area contributed by atoms with Gasteiger partial charge in [-0.05, 0) is 38.5 Å². The molecule has 0 radical (unpaired) electrons. The van der Waals surface area contributed by atoms with Crippen LogP contribution in [0, 0.1) is 0 Å². The van der Waals surface area contributed by atoms with E-state index in [2.05, 4.69) is 107 Å². The predicted octanol–water partition coefficient (Wildman–Crippen LogP) is 5.14. The number of halogens is 1. The molecule has 0 aliphatic carbocycles. The average molecular weight is 379 g/mol. The van der Waals surface area contributed by atoms with Crippen LogP contribution in [-0.2, 0) is 0 Å². The zero-order chi connectivity index (χ0) is 18.7. The van der Waals surface area contributed by atoms with E-state index in [4.69, 9.17) is 11.1 Å². The third kappa shape index (κ3) is 3.65. The van der Waals surface area contributed by atoms with Crippen molar-refractivity contribution in [1.29, 1.82) is 0 Å². The van der Waals surface area contributed by atoms with E-state index in [0.29, 0.717) is 11.8 Å². The zero-order valence-electron chi connectivity index (χ0n) is 16.0. The molecule has 3 rings (SSSR count). The molecule has 0 N–H and O–H groups in total. The lowest BCUT2D eigenvalue weighted by Gasteiger charge is -2.28. The van der Waals surface area contributed by atoms with E-state index in [0.717, 1.165) is 0 Å². The maximum atomic E-state index is 7.61. The highest BCUT2D eigenvalue weighted by Crippen LogP contribution is 2.23. The van der Waals surface area contributed by atoms with Gasteiger partial charge in [-0.1, -0.05) is 107 Å². The second-order valence-electron chi connectivity index (χ2n) is 7.59. The highest BCUT2D eigenvalue weighted by atomic mass is 35.6. The Labute approximate surface area is 163 Å². The quantitative estimate of drug-likeness (QED) is 0.327. The van der Waals surface area contributed by atoms with E-state index >= 15 is 0 Å². The second kappa shape index (κ2) is 7.81. The molecule has 0 spiro atoms. The van der Waals surface area contributed by atoms with Crippen LogP contribution >= 0.6 is 11.1 Å². The minimum atomic E-state index is -2.56. The van der Waals surface area contributed by atoms with Crippen LogP contribution in [0.4, 0.5) is 0 Å². The van der Waals surface area contributed by atoms with E-state index < -0.39 is 7.38 Å². The first kappa shape index (κ1) is 18.9. The van der Waals surface area contributed by atoms with Gasteiger partial charge in [0.1, 0.15) is 0 Å². The fraction of sp³-hybridized carbons (Fsp3) is 0.250. The Kier molecular flexibility index (Phi) is 5.69. The third-order valence-corrected chi connectivity index (χ3v) is 10.4. The van der Waals surface area contributed by atoms with E-state index in [1.807, 2.05) is 0 Å². The molecule has 0 saturated heterocycles. The molecular weight excluding hydrogens is 352 g/mol. The minimum Gasteiger partial charge on any atom is -0.149 e. The Hall–Kier alpha value is -1.83. The SMILES string of the molecule is CC(C)c1cc(C(C)C)cc([Si](Cl)(c2ccccc2)c2ccccc2)c1. The molecule has 26 heavy (non-hydrogen) atoms. The molecular formula is C24H27ClSi. The van der Waals surface area contributed by atoms with Crippen molar-refractivity contribution in [2.75, 3.05) is 0 Å². The van der Waals surface area contributed by atoms with Crippen molar-refractivity contribution in [3.05, 3.63) is 90.0 Å². The van der Waals surface area contributed by atoms with Gasteiger partial charge >= 0.3 is 0 Å². The summed E-state index contributed by atoms with van der Waals surface area (Å²) < 4.78 is 0. The molecule has 0 heterocycles. The summed E-state index contributed by atoms with van der Waals surface area (Å²) in [7, 11) is -2.56. The largest absolute Gasteiger partial charge is 0.247 e. The Balaban J connectivity index is 2.30. The van der Waals surface area contributed by atoms with Gasteiger partial charge in [0.25, 0.3) is 0 Å². The molecule has 0 nitrogen and oxygen atoms in total. The monoisotopic (exact) mass is 378 g/mol. The fourth-order valence-corrected chi connectivity index (χ4v) is 7.50. The minimum absolute atomic E-state index is 0.480. The average Bonchev–Trinajstić information content (AvgIpc) is 2.68. The standard InChI is InChI=1S/C24H27ClSi/c1-18(2)20-15-21(19(3)4)17-24(16-20)26(25,22-11-7-5-8-12-22)23-13-9-6-10-14-23/h5-19H,1-4H3. The van der Waals surface area contributed by atoms with Crippen LogP contribution in [0.3, 0.4) is 0 Å². The summed E-state index contributed by atoms with van der Waals surface area (Å²) in [5, 5.41) is 3.76. The summed E-state index contributed by atoms with van der Waals surface area (Å²) in [5.74, 6) is 0.961. The first-order valence-corrected chi connectivity index (χ1v) is 12.4. The lowest BCUT2D eigenvalue weighted by molar-refractivity contribution is 0.836. The molecule has 134 valence electrons. The molecule has 0 saturated carbocycles. The summed E-state index contributed by atoms with van der Waals surface area (Å²) in [5.41, 5.74) is 2.74. The first-order valence-electron chi connectivity index (χ1n) is 9.38. The van der Waals surface area contributed by atoms with Crippen LogP contribution in [0.15, 0.2) is 78.9 Å². The highest BCUT2D eigenvalue weighted by Gasteiger charge is 2.38. The Morgan fingerprint density at radius 2 is 0.962 bits per heavy atom. The van der Waals surface area contributed by atoms with Crippen molar-refractivity contribution in [2.24, 2.45) is 0 Å². The summed E-state index contributed by atoms with van der Waals surface area (Å²) in [6, 6.07) is 28.3. The van der Waals surface area contributed by atoms with Crippen LogP contribution in [0.5, 0.6) is 0 Å². The van der Waals surface area contributed by atoms with E-state index in [1.165, 1.54) is 26.7 Å². The molecule has 3 aromatic carbocycles. The molecule has 2 heteroatoms. The molecule has 0 fully saturated rings. The normalized spacial score (nSPS) is 12.0. The number of hydrogen-bond acceptors (Lipinski definition) is 0. The van der Waals surface area contributed by atoms with Gasteiger partial charge in [0.05, 0.1) is 0 Å². The zero-order valence-corrected chi connectivity index (χ0v) is 17.8. The Morgan fingerprint density at radius 1 is 0.577 bits per heavy atom. The van der Waals surface area contributed by atoms with Crippen molar-refractivity contribution in [2.45, 2.75) is 39.5 Å². The topological polar surface area (TPSA) is 0 Å². The second-order valence-corrected chi connectivity index (χ2v) is 12.3. The molecule has 0 aliphatic heterocycles. The van der Waals surface area contributed by atoms with Crippen LogP contribution in [0.2, 0.25) is 0 Å². The highest BCUT2D eigenvalue weighted by molar-refractivity contribution is 7.40. The van der Waals surface area contributed by atoms with Gasteiger partial charge in [-0.2, -0.15) is 0 Å². The molecule has 0 unspecified atom stereocenters. The van der Waals surface area contributed by atoms with Gasteiger partial charge in [0.15, 0.2) is 0 Å². The smallest absolute Gasteiger partial charge is 0.149 e. The maximum absolute atomic E-state index is 7.61. The van der Waals surface area contributed by atoms with E-state index in [9.17, 15) is 0 Å². The molecule has 3 aromatic rings. The van der Waals surface area contributed by atoms with E-state index in [-0.39, 0.29) is 0 Å². The summed E-state index contributed by atoms with van der Waals surface area (Å²) >= 11 is 7.61. The lowest BCUT2D eigenvalue weighted by atomic mass is 9.96. The van der Waals surface area contributed by atoms with Crippen LogP contribution in [0.25, 0.3) is 0 Å². The van der Waals surface area contributed by atoms with Gasteiger partial charge in [-0.15, -0.1) is 11.1 Å². The summed E-state index contributed by atoms with van der Waals surface area (Å²) in [6.45, 7) is 9.02. The van der Waals surface area contributed by atoms with Gasteiger partial charge in [-0.25, -0.2) is 0 Å². The molecule has 0 aliphatic rings. The Bertz CT molecular complexity index is 788. The molecule has 0 aromatic heterocycles. The van der Waals surface area contributed by atoms with Crippen LogP contribution in [-0.4, -0.2) is 7.38 Å². The number of benzene rings is 3. The van der Waals surface area contributed by atoms with Crippen molar-refractivity contribution in [3.8, 4) is 0 Å². The molecule has 0 bridgehead atoms. The number of hydrogen-bond donors (Lipinski definition) is 0. The fourth-order valence-electron chi connectivity index (χ4n) is 3.38. The summed E-state index contributed by atoms with van der Waals surface area (Å²) in [6.07, 6.45) is 0. The van der Waals surface area contributed by atoms with Gasteiger partial charge in [0.2, 0.25) is 7.38 Å². The summed E-state index contributed by atoms with van der Waals surface area (Å²) in [4.78, 5) is 0. The molecule has 0 atom stereocenters. The van der Waals surface area contributed by atoms with Crippen LogP contribution < -0.4 is 15.6 Å².